The smallest absolute Gasteiger partial charge is 0.255 e. The number of hydrogen-bond acceptors (Lipinski definition) is 3. The molecule has 0 saturated carbocycles. The lowest BCUT2D eigenvalue weighted by Gasteiger charge is -2.09. The van der Waals surface area contributed by atoms with Crippen molar-refractivity contribution in [3.63, 3.8) is 0 Å². The van der Waals surface area contributed by atoms with Gasteiger partial charge in [0, 0.05) is 23.4 Å². The van der Waals surface area contributed by atoms with Gasteiger partial charge in [0.25, 0.3) is 11.8 Å². The second-order valence-corrected chi connectivity index (χ2v) is 6.25. The quantitative estimate of drug-likeness (QED) is 0.667. The highest BCUT2D eigenvalue weighted by Crippen LogP contribution is 2.27. The first-order chi connectivity index (χ1) is 12.5. The number of amides is 2. The van der Waals surface area contributed by atoms with Crippen molar-refractivity contribution in [1.29, 1.82) is 0 Å². The number of rotatable bonds is 8. The van der Waals surface area contributed by atoms with E-state index in [0.717, 1.165) is 19.3 Å². The highest BCUT2D eigenvalue weighted by atomic mass is 35.5. The fraction of sp³-hybridized carbons (Fsp3) is 0.300. The summed E-state index contributed by atoms with van der Waals surface area (Å²) in [5.74, 6) is 0.134. The van der Waals surface area contributed by atoms with Crippen molar-refractivity contribution in [3.8, 4) is 5.75 Å². The Balaban J connectivity index is 1.95. The van der Waals surface area contributed by atoms with E-state index in [2.05, 4.69) is 17.6 Å². The number of unbranched alkanes of at least 4 members (excludes halogenated alkanes) is 2. The fourth-order valence-electron chi connectivity index (χ4n) is 2.40. The molecule has 0 unspecified atom stereocenters. The van der Waals surface area contributed by atoms with Crippen LogP contribution in [0.5, 0.6) is 5.75 Å². The largest absolute Gasteiger partial charge is 0.495 e. The lowest BCUT2D eigenvalue weighted by Crippen LogP contribution is -2.24. The summed E-state index contributed by atoms with van der Waals surface area (Å²) in [4.78, 5) is 24.4. The minimum Gasteiger partial charge on any atom is -0.495 e. The average Bonchev–Trinajstić information content (AvgIpc) is 2.65. The zero-order valence-corrected chi connectivity index (χ0v) is 15.7. The van der Waals surface area contributed by atoms with E-state index >= 15 is 0 Å². The van der Waals surface area contributed by atoms with Gasteiger partial charge in [0.1, 0.15) is 5.75 Å². The predicted molar refractivity (Wildman–Crippen MR) is 104 cm³/mol. The molecule has 0 radical (unpaired) electrons. The molecule has 2 amide bonds. The standard InChI is InChI=1S/C20H23ClN2O3/c1-3-4-5-12-22-19(24)14-6-8-15(9-7-14)20(25)23-16-10-11-18(26-2)17(21)13-16/h6-11,13H,3-5,12H2,1-2H3,(H,22,24)(H,23,25). The molecule has 26 heavy (non-hydrogen) atoms. The summed E-state index contributed by atoms with van der Waals surface area (Å²) in [7, 11) is 1.53. The number of hydrogen-bond donors (Lipinski definition) is 2. The number of methoxy groups -OCH3 is 1. The van der Waals surface area contributed by atoms with Crippen molar-refractivity contribution in [2.45, 2.75) is 26.2 Å². The van der Waals surface area contributed by atoms with Gasteiger partial charge in [0.2, 0.25) is 0 Å². The van der Waals surface area contributed by atoms with Crippen LogP contribution in [0.15, 0.2) is 42.5 Å². The van der Waals surface area contributed by atoms with Gasteiger partial charge < -0.3 is 15.4 Å². The molecule has 0 saturated heterocycles. The van der Waals surface area contributed by atoms with Gasteiger partial charge in [-0.25, -0.2) is 0 Å². The van der Waals surface area contributed by atoms with Crippen LogP contribution in [0, 0.1) is 0 Å². The zero-order valence-electron chi connectivity index (χ0n) is 15.0. The second-order valence-electron chi connectivity index (χ2n) is 5.84. The normalized spacial score (nSPS) is 10.3. The van der Waals surface area contributed by atoms with E-state index in [4.69, 9.17) is 16.3 Å². The molecule has 138 valence electrons. The Morgan fingerprint density at radius 2 is 1.65 bits per heavy atom. The summed E-state index contributed by atoms with van der Waals surface area (Å²) < 4.78 is 5.08. The first kappa shape index (κ1) is 19.8. The van der Waals surface area contributed by atoms with Gasteiger partial charge in [-0.15, -0.1) is 0 Å². The summed E-state index contributed by atoms with van der Waals surface area (Å²) >= 11 is 6.06. The molecule has 0 heterocycles. The summed E-state index contributed by atoms with van der Waals surface area (Å²) in [6.45, 7) is 2.78. The molecule has 2 aromatic carbocycles. The number of anilines is 1. The van der Waals surface area contributed by atoms with E-state index < -0.39 is 0 Å². The van der Waals surface area contributed by atoms with Crippen molar-refractivity contribution >= 4 is 29.1 Å². The van der Waals surface area contributed by atoms with Crippen molar-refractivity contribution < 1.29 is 14.3 Å². The van der Waals surface area contributed by atoms with Gasteiger partial charge in [-0.2, -0.15) is 0 Å². The third-order valence-corrected chi connectivity index (χ3v) is 4.18. The van der Waals surface area contributed by atoms with Crippen LogP contribution >= 0.6 is 11.6 Å². The maximum absolute atomic E-state index is 12.3. The maximum Gasteiger partial charge on any atom is 0.255 e. The molecule has 0 aliphatic heterocycles. The molecule has 0 bridgehead atoms. The van der Waals surface area contributed by atoms with E-state index in [1.54, 1.807) is 42.5 Å². The Kier molecular flexibility index (Phi) is 7.48. The molecule has 0 aliphatic rings. The van der Waals surface area contributed by atoms with E-state index in [-0.39, 0.29) is 11.8 Å². The first-order valence-corrected chi connectivity index (χ1v) is 8.96. The molecule has 5 nitrogen and oxygen atoms in total. The molecule has 6 heteroatoms. The van der Waals surface area contributed by atoms with Crippen LogP contribution in [0.3, 0.4) is 0 Å². The van der Waals surface area contributed by atoms with Crippen LogP contribution in [-0.4, -0.2) is 25.5 Å². The molecular weight excluding hydrogens is 352 g/mol. The van der Waals surface area contributed by atoms with Gasteiger partial charge in [-0.1, -0.05) is 31.4 Å². The van der Waals surface area contributed by atoms with Crippen LogP contribution in [-0.2, 0) is 0 Å². The molecular formula is C20H23ClN2O3. The van der Waals surface area contributed by atoms with Crippen molar-refractivity contribution in [3.05, 3.63) is 58.6 Å². The molecule has 0 spiro atoms. The number of halogens is 1. The van der Waals surface area contributed by atoms with Crippen molar-refractivity contribution in [1.82, 2.24) is 5.32 Å². The molecule has 0 aliphatic carbocycles. The number of carbonyl (C=O) groups is 2. The van der Waals surface area contributed by atoms with Gasteiger partial charge >= 0.3 is 0 Å². The molecule has 2 aromatic rings. The zero-order chi connectivity index (χ0) is 18.9. The summed E-state index contributed by atoms with van der Waals surface area (Å²) in [5, 5.41) is 6.06. The third kappa shape index (κ3) is 5.49. The van der Waals surface area contributed by atoms with E-state index in [0.29, 0.717) is 34.1 Å². The van der Waals surface area contributed by atoms with Crippen LogP contribution < -0.4 is 15.4 Å². The molecule has 2 N–H and O–H groups in total. The van der Waals surface area contributed by atoms with Gasteiger partial charge in [0.05, 0.1) is 12.1 Å². The van der Waals surface area contributed by atoms with Gasteiger partial charge in [-0.05, 0) is 48.9 Å². The molecule has 0 fully saturated rings. The molecule has 2 rings (SSSR count). The monoisotopic (exact) mass is 374 g/mol. The topological polar surface area (TPSA) is 67.4 Å². The number of carbonyl (C=O) groups excluding carboxylic acids is 2. The highest BCUT2D eigenvalue weighted by Gasteiger charge is 2.10. The Morgan fingerprint density at radius 3 is 2.23 bits per heavy atom. The van der Waals surface area contributed by atoms with Gasteiger partial charge in [-0.3, -0.25) is 9.59 Å². The maximum atomic E-state index is 12.3. The van der Waals surface area contributed by atoms with Crippen LogP contribution in [0.1, 0.15) is 46.9 Å². The van der Waals surface area contributed by atoms with Crippen molar-refractivity contribution in [2.24, 2.45) is 0 Å². The first-order valence-electron chi connectivity index (χ1n) is 8.58. The number of benzene rings is 2. The SMILES string of the molecule is CCCCCNC(=O)c1ccc(C(=O)Nc2ccc(OC)c(Cl)c2)cc1. The number of ether oxygens (including phenoxy) is 1. The van der Waals surface area contributed by atoms with E-state index in [1.807, 2.05) is 0 Å². The lowest BCUT2D eigenvalue weighted by molar-refractivity contribution is 0.0951. The Hall–Kier alpha value is -2.53. The Bertz CT molecular complexity index is 760. The minimum absolute atomic E-state index is 0.130. The third-order valence-electron chi connectivity index (χ3n) is 3.88. The second kappa shape index (κ2) is 9.82. The minimum atomic E-state index is -0.277. The van der Waals surface area contributed by atoms with Crippen LogP contribution in [0.2, 0.25) is 5.02 Å². The van der Waals surface area contributed by atoms with Crippen LogP contribution in [0.4, 0.5) is 5.69 Å². The average molecular weight is 375 g/mol. The number of nitrogens with one attached hydrogen (secondary N) is 2. The van der Waals surface area contributed by atoms with E-state index in [9.17, 15) is 9.59 Å². The summed E-state index contributed by atoms with van der Waals surface area (Å²) in [6, 6.07) is 11.6. The summed E-state index contributed by atoms with van der Waals surface area (Å²) in [5.41, 5.74) is 1.56. The molecule has 0 aromatic heterocycles. The lowest BCUT2D eigenvalue weighted by atomic mass is 10.1. The predicted octanol–water partition coefficient (Wildman–Crippen LogP) is 4.52. The molecule has 0 atom stereocenters. The van der Waals surface area contributed by atoms with E-state index in [1.165, 1.54) is 7.11 Å². The highest BCUT2D eigenvalue weighted by molar-refractivity contribution is 6.32. The Labute approximate surface area is 158 Å². The van der Waals surface area contributed by atoms with Crippen molar-refractivity contribution in [2.75, 3.05) is 19.0 Å². The fourth-order valence-corrected chi connectivity index (χ4v) is 2.66. The van der Waals surface area contributed by atoms with Crippen LogP contribution in [0.25, 0.3) is 0 Å². The van der Waals surface area contributed by atoms with Gasteiger partial charge in [0.15, 0.2) is 0 Å². The Morgan fingerprint density at radius 1 is 1.00 bits per heavy atom. The summed E-state index contributed by atoms with van der Waals surface area (Å²) in [6.07, 6.45) is 3.17.